The molecule has 1 heterocycles. The molecule has 0 atom stereocenters. The number of rotatable bonds is 3. The van der Waals surface area contributed by atoms with Crippen molar-refractivity contribution in [2.75, 3.05) is 33.9 Å². The number of nitrogens with two attached hydrogens (primary N) is 1. The molecule has 0 bridgehead atoms. The molecule has 12 heavy (non-hydrogen) atoms. The maximum atomic E-state index is 5.60. The van der Waals surface area contributed by atoms with Gasteiger partial charge in [0.2, 0.25) is 0 Å². The molecule has 1 rings (SSSR count). The van der Waals surface area contributed by atoms with Crippen LogP contribution in [-0.2, 0) is 9.47 Å². The van der Waals surface area contributed by atoms with Crippen LogP contribution in [0.3, 0.4) is 0 Å². The quantitative estimate of drug-likeness (QED) is 0.483. The maximum absolute atomic E-state index is 5.60. The molecule has 0 aromatic rings. The minimum Gasteiger partial charge on any atom is -0.381 e. The average molecular weight is 174 g/mol. The van der Waals surface area contributed by atoms with E-state index in [1.807, 2.05) is 7.05 Å². The van der Waals surface area contributed by atoms with Gasteiger partial charge in [-0.3, -0.25) is 5.84 Å². The Morgan fingerprint density at radius 1 is 1.50 bits per heavy atom. The Morgan fingerprint density at radius 2 is 2.08 bits per heavy atom. The molecule has 1 aliphatic rings. The van der Waals surface area contributed by atoms with Crippen molar-refractivity contribution in [3.63, 3.8) is 0 Å². The number of hydrazine groups is 1. The summed E-state index contributed by atoms with van der Waals surface area (Å²) >= 11 is 0. The van der Waals surface area contributed by atoms with Crippen molar-refractivity contribution in [1.82, 2.24) is 5.01 Å². The van der Waals surface area contributed by atoms with Crippen LogP contribution in [0.2, 0.25) is 0 Å². The fourth-order valence-corrected chi connectivity index (χ4v) is 1.62. The highest BCUT2D eigenvalue weighted by Gasteiger charge is 2.32. The van der Waals surface area contributed by atoms with E-state index in [9.17, 15) is 0 Å². The molecular weight excluding hydrogens is 156 g/mol. The topological polar surface area (TPSA) is 47.7 Å². The molecule has 0 aromatic carbocycles. The molecule has 2 N–H and O–H groups in total. The van der Waals surface area contributed by atoms with Gasteiger partial charge in [0.1, 0.15) is 0 Å². The minimum atomic E-state index is -0.0816. The first kappa shape index (κ1) is 9.92. The fourth-order valence-electron chi connectivity index (χ4n) is 1.62. The Balaban J connectivity index is 2.48. The predicted molar refractivity (Wildman–Crippen MR) is 46.6 cm³/mol. The van der Waals surface area contributed by atoms with Crippen molar-refractivity contribution in [3.05, 3.63) is 0 Å². The Labute approximate surface area is 73.6 Å². The van der Waals surface area contributed by atoms with Gasteiger partial charge < -0.3 is 9.47 Å². The van der Waals surface area contributed by atoms with Crippen LogP contribution in [0.1, 0.15) is 12.8 Å². The van der Waals surface area contributed by atoms with E-state index in [1.54, 1.807) is 12.1 Å². The third kappa shape index (κ3) is 2.42. The van der Waals surface area contributed by atoms with E-state index >= 15 is 0 Å². The number of likely N-dealkylation sites (N-methyl/N-ethyl adjacent to an activating group) is 1. The maximum Gasteiger partial charge on any atom is 0.0862 e. The number of hydrogen-bond acceptors (Lipinski definition) is 4. The summed E-state index contributed by atoms with van der Waals surface area (Å²) in [5.41, 5.74) is -0.0816. The van der Waals surface area contributed by atoms with Crippen LogP contribution in [-0.4, -0.2) is 44.5 Å². The normalized spacial score (nSPS) is 23.0. The summed E-state index contributed by atoms with van der Waals surface area (Å²) in [6, 6.07) is 0. The number of nitrogens with zero attached hydrogens (tertiary/aromatic N) is 1. The van der Waals surface area contributed by atoms with E-state index in [0.717, 1.165) is 32.6 Å². The molecule has 0 radical (unpaired) electrons. The van der Waals surface area contributed by atoms with Gasteiger partial charge >= 0.3 is 0 Å². The second kappa shape index (κ2) is 4.18. The molecule has 0 aliphatic carbocycles. The van der Waals surface area contributed by atoms with Gasteiger partial charge in [-0.1, -0.05) is 0 Å². The van der Waals surface area contributed by atoms with Crippen molar-refractivity contribution in [1.29, 1.82) is 0 Å². The van der Waals surface area contributed by atoms with Crippen molar-refractivity contribution >= 4 is 0 Å². The molecule has 1 aliphatic heterocycles. The zero-order valence-corrected chi connectivity index (χ0v) is 7.88. The van der Waals surface area contributed by atoms with Crippen LogP contribution >= 0.6 is 0 Å². The van der Waals surface area contributed by atoms with Gasteiger partial charge in [-0.15, -0.1) is 0 Å². The first-order chi connectivity index (χ1) is 5.68. The number of ether oxygens (including phenoxy) is 2. The third-order valence-electron chi connectivity index (χ3n) is 2.37. The Bertz CT molecular complexity index is 133. The first-order valence-electron chi connectivity index (χ1n) is 4.27. The Kier molecular flexibility index (Phi) is 3.46. The summed E-state index contributed by atoms with van der Waals surface area (Å²) in [4.78, 5) is 0. The molecular formula is C8H18N2O2. The second-order valence-electron chi connectivity index (χ2n) is 3.41. The van der Waals surface area contributed by atoms with Gasteiger partial charge in [0, 0.05) is 46.8 Å². The van der Waals surface area contributed by atoms with Gasteiger partial charge in [0.25, 0.3) is 0 Å². The largest absolute Gasteiger partial charge is 0.381 e. The highest BCUT2D eigenvalue weighted by Crippen LogP contribution is 2.24. The Morgan fingerprint density at radius 3 is 2.50 bits per heavy atom. The van der Waals surface area contributed by atoms with E-state index in [-0.39, 0.29) is 5.60 Å². The van der Waals surface area contributed by atoms with Crippen molar-refractivity contribution in [2.24, 2.45) is 5.84 Å². The van der Waals surface area contributed by atoms with Gasteiger partial charge in [0.15, 0.2) is 0 Å². The molecule has 4 heteroatoms. The lowest BCUT2D eigenvalue weighted by Crippen LogP contribution is -2.49. The van der Waals surface area contributed by atoms with Gasteiger partial charge in [-0.05, 0) is 0 Å². The molecule has 4 nitrogen and oxygen atoms in total. The molecule has 0 saturated carbocycles. The van der Waals surface area contributed by atoms with Gasteiger partial charge in [-0.25, -0.2) is 5.01 Å². The number of methoxy groups -OCH3 is 1. The molecule has 0 unspecified atom stereocenters. The van der Waals surface area contributed by atoms with E-state index < -0.39 is 0 Å². The highest BCUT2D eigenvalue weighted by molar-refractivity contribution is 4.84. The standard InChI is InChI=1S/C8H18N2O2/c1-10(9)7-8(11-2)3-5-12-6-4-8/h3-7,9H2,1-2H3. The van der Waals surface area contributed by atoms with Crippen LogP contribution in [0, 0.1) is 0 Å². The van der Waals surface area contributed by atoms with Crippen LogP contribution < -0.4 is 5.84 Å². The van der Waals surface area contributed by atoms with Crippen molar-refractivity contribution in [2.45, 2.75) is 18.4 Å². The van der Waals surface area contributed by atoms with Crippen molar-refractivity contribution < 1.29 is 9.47 Å². The van der Waals surface area contributed by atoms with E-state index in [0.29, 0.717) is 0 Å². The van der Waals surface area contributed by atoms with E-state index in [4.69, 9.17) is 15.3 Å². The first-order valence-corrected chi connectivity index (χ1v) is 4.27. The fraction of sp³-hybridized carbons (Fsp3) is 1.00. The molecule has 0 aromatic heterocycles. The zero-order valence-electron chi connectivity index (χ0n) is 7.88. The monoisotopic (exact) mass is 174 g/mol. The van der Waals surface area contributed by atoms with E-state index in [2.05, 4.69) is 0 Å². The number of hydrogen-bond donors (Lipinski definition) is 1. The SMILES string of the molecule is COC1(CN(C)N)CCOCC1. The summed E-state index contributed by atoms with van der Waals surface area (Å²) in [7, 11) is 3.60. The lowest BCUT2D eigenvalue weighted by molar-refractivity contribution is -0.102. The summed E-state index contributed by atoms with van der Waals surface area (Å²) < 4.78 is 10.8. The Hall–Kier alpha value is -0.160. The lowest BCUT2D eigenvalue weighted by Gasteiger charge is -2.37. The predicted octanol–water partition coefficient (Wildman–Crippen LogP) is -0.0125. The summed E-state index contributed by atoms with van der Waals surface area (Å²) in [5, 5.41) is 1.68. The molecule has 1 saturated heterocycles. The van der Waals surface area contributed by atoms with Crippen LogP contribution in [0.25, 0.3) is 0 Å². The molecule has 0 amide bonds. The van der Waals surface area contributed by atoms with Crippen LogP contribution in [0.5, 0.6) is 0 Å². The highest BCUT2D eigenvalue weighted by atomic mass is 16.5. The smallest absolute Gasteiger partial charge is 0.0862 e. The molecule has 1 fully saturated rings. The average Bonchev–Trinajstić information content (AvgIpc) is 2.05. The van der Waals surface area contributed by atoms with Crippen LogP contribution in [0.15, 0.2) is 0 Å². The van der Waals surface area contributed by atoms with Gasteiger partial charge in [-0.2, -0.15) is 0 Å². The summed E-state index contributed by atoms with van der Waals surface area (Å²) in [6.45, 7) is 2.33. The minimum absolute atomic E-state index is 0.0816. The summed E-state index contributed by atoms with van der Waals surface area (Å²) in [6.07, 6.45) is 1.87. The van der Waals surface area contributed by atoms with E-state index in [1.165, 1.54) is 0 Å². The third-order valence-corrected chi connectivity index (χ3v) is 2.37. The lowest BCUT2D eigenvalue weighted by atomic mass is 9.94. The molecule has 72 valence electrons. The van der Waals surface area contributed by atoms with Crippen LogP contribution in [0.4, 0.5) is 0 Å². The van der Waals surface area contributed by atoms with Gasteiger partial charge in [0.05, 0.1) is 5.60 Å². The molecule has 0 spiro atoms. The zero-order chi connectivity index (χ0) is 9.03. The second-order valence-corrected chi connectivity index (χ2v) is 3.41. The summed E-state index contributed by atoms with van der Waals surface area (Å²) in [5.74, 6) is 5.60. The van der Waals surface area contributed by atoms with Crippen molar-refractivity contribution in [3.8, 4) is 0 Å².